The van der Waals surface area contributed by atoms with Crippen molar-refractivity contribution in [1.82, 2.24) is 9.38 Å². The highest BCUT2D eigenvalue weighted by molar-refractivity contribution is 5.76. The largest absolute Gasteiger partial charge is 0.281 e. The van der Waals surface area contributed by atoms with E-state index in [0.717, 1.165) is 16.7 Å². The van der Waals surface area contributed by atoms with Crippen molar-refractivity contribution in [1.29, 1.82) is 0 Å². The van der Waals surface area contributed by atoms with Crippen molar-refractivity contribution in [3.05, 3.63) is 83.9 Å². The molecule has 0 aliphatic rings. The van der Waals surface area contributed by atoms with Crippen LogP contribution in [0.5, 0.6) is 0 Å². The van der Waals surface area contributed by atoms with Gasteiger partial charge in [-0.2, -0.15) is 0 Å². The van der Waals surface area contributed by atoms with Gasteiger partial charge in [0.05, 0.1) is 0 Å². The van der Waals surface area contributed by atoms with E-state index in [1.54, 1.807) is 10.6 Å². The number of benzene rings is 2. The molecule has 2 aromatic heterocycles. The van der Waals surface area contributed by atoms with Crippen LogP contribution in [0.25, 0.3) is 28.0 Å². The Balaban J connectivity index is 1.81. The highest BCUT2D eigenvalue weighted by Crippen LogP contribution is 2.32. The van der Waals surface area contributed by atoms with Gasteiger partial charge in [0.1, 0.15) is 11.3 Å². The van der Waals surface area contributed by atoms with Crippen LogP contribution in [-0.4, -0.2) is 9.38 Å². The van der Waals surface area contributed by atoms with Gasteiger partial charge in [-0.05, 0) is 28.4 Å². The first kappa shape index (κ1) is 13.4. The molecule has 0 N–H and O–H groups in total. The van der Waals surface area contributed by atoms with E-state index < -0.39 is 0 Å². The molecule has 0 aliphatic heterocycles. The normalized spacial score (nSPS) is 10.8. The summed E-state index contributed by atoms with van der Waals surface area (Å²) in [4.78, 5) is 15.8. The number of aromatic nitrogens is 2. The zero-order chi connectivity index (χ0) is 15.6. The third-order valence-corrected chi connectivity index (χ3v) is 3.86. The van der Waals surface area contributed by atoms with Gasteiger partial charge in [-0.15, -0.1) is 4.91 Å². The van der Waals surface area contributed by atoms with Crippen molar-refractivity contribution < 1.29 is 0 Å². The van der Waals surface area contributed by atoms with Crippen molar-refractivity contribution in [2.24, 2.45) is 5.18 Å². The average Bonchev–Trinajstić information content (AvgIpc) is 3.01. The van der Waals surface area contributed by atoms with Gasteiger partial charge in [0.25, 0.3) is 0 Å². The number of nitroso groups, excluding NO2 is 1. The van der Waals surface area contributed by atoms with E-state index in [1.165, 1.54) is 0 Å². The lowest BCUT2D eigenvalue weighted by Crippen LogP contribution is -1.82. The molecule has 4 rings (SSSR count). The second-order valence-electron chi connectivity index (χ2n) is 5.25. The van der Waals surface area contributed by atoms with Crippen molar-refractivity contribution in [3.63, 3.8) is 0 Å². The Labute approximate surface area is 133 Å². The summed E-state index contributed by atoms with van der Waals surface area (Å²) in [6, 6.07) is 23.8. The maximum absolute atomic E-state index is 11.3. The lowest BCUT2D eigenvalue weighted by molar-refractivity contribution is 1.16. The van der Waals surface area contributed by atoms with E-state index in [1.807, 2.05) is 60.7 Å². The van der Waals surface area contributed by atoms with Gasteiger partial charge in [-0.1, -0.05) is 60.7 Å². The van der Waals surface area contributed by atoms with Crippen LogP contribution in [0, 0.1) is 4.91 Å². The van der Waals surface area contributed by atoms with E-state index in [0.29, 0.717) is 17.2 Å². The molecule has 4 aromatic rings. The van der Waals surface area contributed by atoms with Crippen LogP contribution in [0.3, 0.4) is 0 Å². The van der Waals surface area contributed by atoms with Crippen molar-refractivity contribution in [2.75, 3.05) is 0 Å². The average molecular weight is 299 g/mol. The Bertz CT molecular complexity index is 973. The van der Waals surface area contributed by atoms with Crippen molar-refractivity contribution >= 4 is 11.5 Å². The quantitative estimate of drug-likeness (QED) is 0.496. The van der Waals surface area contributed by atoms with E-state index in [9.17, 15) is 4.91 Å². The second-order valence-corrected chi connectivity index (χ2v) is 5.25. The summed E-state index contributed by atoms with van der Waals surface area (Å²) < 4.78 is 1.70. The molecule has 0 saturated heterocycles. The van der Waals surface area contributed by atoms with E-state index >= 15 is 0 Å². The minimum absolute atomic E-state index is 0.327. The van der Waals surface area contributed by atoms with Crippen LogP contribution < -0.4 is 0 Å². The molecule has 0 saturated carbocycles. The number of imidazole rings is 1. The Morgan fingerprint density at radius 3 is 2.13 bits per heavy atom. The molecule has 2 heterocycles. The number of hydrogen-bond donors (Lipinski definition) is 0. The molecule has 0 fully saturated rings. The van der Waals surface area contributed by atoms with Gasteiger partial charge in [-0.3, -0.25) is 4.40 Å². The Morgan fingerprint density at radius 1 is 0.739 bits per heavy atom. The molecule has 0 radical (unpaired) electrons. The Morgan fingerprint density at radius 2 is 1.39 bits per heavy atom. The summed E-state index contributed by atoms with van der Waals surface area (Å²) in [7, 11) is 0. The van der Waals surface area contributed by atoms with E-state index in [2.05, 4.69) is 22.3 Å². The predicted octanol–water partition coefficient (Wildman–Crippen LogP) is 5.07. The fraction of sp³-hybridized carbons (Fsp3) is 0. The fourth-order valence-electron chi connectivity index (χ4n) is 2.71. The van der Waals surface area contributed by atoms with Crippen LogP contribution >= 0.6 is 0 Å². The van der Waals surface area contributed by atoms with Crippen LogP contribution in [0.1, 0.15) is 0 Å². The first-order valence-corrected chi connectivity index (χ1v) is 7.33. The van der Waals surface area contributed by atoms with Gasteiger partial charge in [0.2, 0.25) is 5.82 Å². The van der Waals surface area contributed by atoms with Crippen molar-refractivity contribution in [3.8, 4) is 22.4 Å². The SMILES string of the molecule is O=Nc1c(-c2ccc(-c3ccccc3)cc2)nc2ccccn12. The Hall–Kier alpha value is -3.27. The monoisotopic (exact) mass is 299 g/mol. The minimum atomic E-state index is 0.327. The minimum Gasteiger partial charge on any atom is -0.281 e. The third-order valence-electron chi connectivity index (χ3n) is 3.86. The number of nitrogens with zero attached hydrogens (tertiary/aromatic N) is 3. The molecule has 0 atom stereocenters. The number of pyridine rings is 1. The summed E-state index contributed by atoms with van der Waals surface area (Å²) in [5.74, 6) is 0.327. The molecule has 4 nitrogen and oxygen atoms in total. The van der Waals surface area contributed by atoms with Gasteiger partial charge >= 0.3 is 0 Å². The second kappa shape index (κ2) is 5.50. The highest BCUT2D eigenvalue weighted by Gasteiger charge is 2.14. The molecule has 0 unspecified atom stereocenters. The zero-order valence-electron chi connectivity index (χ0n) is 12.3. The van der Waals surface area contributed by atoms with Gasteiger partial charge in [0.15, 0.2) is 0 Å². The lowest BCUT2D eigenvalue weighted by atomic mass is 10.0. The summed E-state index contributed by atoms with van der Waals surface area (Å²) in [6.07, 6.45) is 1.79. The topological polar surface area (TPSA) is 46.7 Å². The molecular formula is C19H13N3O. The molecule has 0 amide bonds. The molecule has 0 bridgehead atoms. The molecular weight excluding hydrogens is 286 g/mol. The summed E-state index contributed by atoms with van der Waals surface area (Å²) in [5.41, 5.74) is 4.47. The first-order chi connectivity index (χ1) is 11.4. The first-order valence-electron chi connectivity index (χ1n) is 7.33. The molecule has 2 aromatic carbocycles. The van der Waals surface area contributed by atoms with E-state index in [4.69, 9.17) is 0 Å². The lowest BCUT2D eigenvalue weighted by Gasteiger charge is -2.03. The molecule has 0 aliphatic carbocycles. The van der Waals surface area contributed by atoms with Crippen LogP contribution in [0.2, 0.25) is 0 Å². The summed E-state index contributed by atoms with van der Waals surface area (Å²) in [6.45, 7) is 0. The fourth-order valence-corrected chi connectivity index (χ4v) is 2.71. The van der Waals surface area contributed by atoms with E-state index in [-0.39, 0.29) is 0 Å². The maximum atomic E-state index is 11.3. The van der Waals surface area contributed by atoms with Gasteiger partial charge in [0, 0.05) is 11.8 Å². The number of fused-ring (bicyclic) bond motifs is 1. The maximum Gasteiger partial charge on any atom is 0.209 e. The Kier molecular flexibility index (Phi) is 3.20. The van der Waals surface area contributed by atoms with Crippen molar-refractivity contribution in [2.45, 2.75) is 0 Å². The summed E-state index contributed by atoms with van der Waals surface area (Å²) in [5, 5.41) is 3.17. The standard InChI is InChI=1S/C19H13N3O/c23-21-19-18(20-17-8-4-5-13-22(17)19)16-11-9-15(10-12-16)14-6-2-1-3-7-14/h1-13H. The smallest absolute Gasteiger partial charge is 0.209 e. The third kappa shape index (κ3) is 2.30. The molecule has 23 heavy (non-hydrogen) atoms. The molecule has 110 valence electrons. The molecule has 0 spiro atoms. The van der Waals surface area contributed by atoms with Gasteiger partial charge < -0.3 is 0 Å². The summed E-state index contributed by atoms with van der Waals surface area (Å²) >= 11 is 0. The van der Waals surface area contributed by atoms with Crippen LogP contribution in [-0.2, 0) is 0 Å². The predicted molar refractivity (Wildman–Crippen MR) is 91.5 cm³/mol. The number of hydrogen-bond acceptors (Lipinski definition) is 3. The molecule has 4 heteroatoms. The van der Waals surface area contributed by atoms with Crippen LogP contribution in [0.4, 0.5) is 5.82 Å². The zero-order valence-corrected chi connectivity index (χ0v) is 12.3. The van der Waals surface area contributed by atoms with Crippen LogP contribution in [0.15, 0.2) is 84.2 Å². The highest BCUT2D eigenvalue weighted by atomic mass is 16.3. The number of rotatable bonds is 3. The van der Waals surface area contributed by atoms with Gasteiger partial charge in [-0.25, -0.2) is 4.98 Å².